The van der Waals surface area contributed by atoms with Gasteiger partial charge in [0.2, 0.25) is 19.2 Å². The Bertz CT molecular complexity index is 507. The molecule has 0 unspecified atom stereocenters. The topological polar surface area (TPSA) is 89.0 Å². The highest BCUT2D eigenvalue weighted by molar-refractivity contribution is 7.93. The number of amides is 1. The summed E-state index contributed by atoms with van der Waals surface area (Å²) in [6.07, 6.45) is 2.02. The van der Waals surface area contributed by atoms with Crippen LogP contribution in [0.2, 0.25) is 0 Å². The van der Waals surface area contributed by atoms with E-state index in [0.717, 1.165) is 11.3 Å². The number of hydrogen-bond donors (Lipinski definition) is 1. The molecule has 6 nitrogen and oxygen atoms in total. The molecule has 0 saturated heterocycles. The Morgan fingerprint density at radius 1 is 1.53 bits per heavy atom. The van der Waals surface area contributed by atoms with Crippen LogP contribution in [0.3, 0.4) is 0 Å². The SMILES string of the molecule is C=CCNC(=O)c1nnc(S(=O)(=O)CCC)s1. The van der Waals surface area contributed by atoms with Crippen molar-refractivity contribution < 1.29 is 13.2 Å². The molecule has 1 heterocycles. The first-order valence-corrected chi connectivity index (χ1v) is 7.43. The number of carbonyl (C=O) groups is 1. The van der Waals surface area contributed by atoms with Crippen LogP contribution in [0.25, 0.3) is 0 Å². The maximum atomic E-state index is 11.6. The Kier molecular flexibility index (Phi) is 4.76. The first kappa shape index (κ1) is 13.8. The minimum absolute atomic E-state index is 0.00983. The third-order valence-corrected chi connectivity index (χ3v) is 5.03. The molecule has 17 heavy (non-hydrogen) atoms. The Hall–Kier alpha value is -1.28. The number of aromatic nitrogens is 2. The summed E-state index contributed by atoms with van der Waals surface area (Å²) < 4.78 is 23.2. The van der Waals surface area contributed by atoms with Crippen molar-refractivity contribution >= 4 is 27.1 Å². The van der Waals surface area contributed by atoms with Gasteiger partial charge >= 0.3 is 0 Å². The number of carbonyl (C=O) groups excluding carboxylic acids is 1. The Labute approximate surface area is 104 Å². The van der Waals surface area contributed by atoms with E-state index in [1.165, 1.54) is 6.08 Å². The largest absolute Gasteiger partial charge is 0.346 e. The second-order valence-corrected chi connectivity index (χ2v) is 6.45. The highest BCUT2D eigenvalue weighted by Gasteiger charge is 2.21. The predicted molar refractivity (Wildman–Crippen MR) is 64.8 cm³/mol. The van der Waals surface area contributed by atoms with Crippen LogP contribution >= 0.6 is 11.3 Å². The molecule has 0 spiro atoms. The molecular formula is C9H13N3O3S2. The molecule has 0 atom stereocenters. The van der Waals surface area contributed by atoms with Crippen LogP contribution in [-0.4, -0.2) is 36.8 Å². The zero-order valence-electron chi connectivity index (χ0n) is 9.34. The fourth-order valence-corrected chi connectivity index (χ4v) is 3.39. The first-order valence-electron chi connectivity index (χ1n) is 4.96. The van der Waals surface area contributed by atoms with Gasteiger partial charge in [0, 0.05) is 6.54 Å². The third kappa shape index (κ3) is 3.60. The maximum Gasteiger partial charge on any atom is 0.282 e. The summed E-state index contributed by atoms with van der Waals surface area (Å²) in [5.74, 6) is -0.434. The summed E-state index contributed by atoms with van der Waals surface area (Å²) in [6, 6.07) is 0. The van der Waals surface area contributed by atoms with Gasteiger partial charge in [0.25, 0.3) is 5.91 Å². The van der Waals surface area contributed by atoms with Crippen LogP contribution in [0.4, 0.5) is 0 Å². The molecule has 1 aromatic rings. The van der Waals surface area contributed by atoms with Crippen molar-refractivity contribution in [1.82, 2.24) is 15.5 Å². The van der Waals surface area contributed by atoms with Gasteiger partial charge in [-0.05, 0) is 6.42 Å². The lowest BCUT2D eigenvalue weighted by atomic mass is 10.5. The fourth-order valence-electron chi connectivity index (χ4n) is 1.02. The quantitative estimate of drug-likeness (QED) is 0.769. The van der Waals surface area contributed by atoms with Gasteiger partial charge in [-0.3, -0.25) is 4.79 Å². The van der Waals surface area contributed by atoms with Crippen molar-refractivity contribution in [2.24, 2.45) is 0 Å². The number of nitrogens with zero attached hydrogens (tertiary/aromatic N) is 2. The van der Waals surface area contributed by atoms with Gasteiger partial charge in [-0.1, -0.05) is 24.3 Å². The van der Waals surface area contributed by atoms with E-state index in [9.17, 15) is 13.2 Å². The Balaban J connectivity index is 2.85. The summed E-state index contributed by atoms with van der Waals surface area (Å²) in [5, 5.41) is 9.63. The van der Waals surface area contributed by atoms with Gasteiger partial charge in [0.1, 0.15) is 0 Å². The molecule has 0 saturated carbocycles. The van der Waals surface area contributed by atoms with Crippen molar-refractivity contribution in [3.05, 3.63) is 17.7 Å². The molecule has 0 fully saturated rings. The van der Waals surface area contributed by atoms with Crippen molar-refractivity contribution in [2.75, 3.05) is 12.3 Å². The Morgan fingerprint density at radius 2 is 2.24 bits per heavy atom. The van der Waals surface area contributed by atoms with E-state index in [0.29, 0.717) is 13.0 Å². The van der Waals surface area contributed by atoms with E-state index in [1.807, 2.05) is 0 Å². The monoisotopic (exact) mass is 275 g/mol. The van der Waals surface area contributed by atoms with Gasteiger partial charge < -0.3 is 5.32 Å². The summed E-state index contributed by atoms with van der Waals surface area (Å²) >= 11 is 0.782. The molecule has 0 radical (unpaired) electrons. The molecule has 1 N–H and O–H groups in total. The van der Waals surface area contributed by atoms with Gasteiger partial charge in [-0.25, -0.2) is 8.42 Å². The van der Waals surface area contributed by atoms with Crippen LogP contribution in [0.15, 0.2) is 17.0 Å². The first-order chi connectivity index (χ1) is 8.01. The molecule has 1 aromatic heterocycles. The minimum atomic E-state index is -3.40. The van der Waals surface area contributed by atoms with E-state index in [1.54, 1.807) is 6.92 Å². The van der Waals surface area contributed by atoms with E-state index in [-0.39, 0.29) is 15.1 Å². The number of sulfone groups is 1. The second-order valence-electron chi connectivity index (χ2n) is 3.19. The molecular weight excluding hydrogens is 262 g/mol. The number of nitrogens with one attached hydrogen (secondary N) is 1. The number of hydrogen-bond acceptors (Lipinski definition) is 6. The average molecular weight is 275 g/mol. The standard InChI is InChI=1S/C9H13N3O3S2/c1-3-5-10-7(13)8-11-12-9(16-8)17(14,15)6-4-2/h3H,1,4-6H2,2H3,(H,10,13). The van der Waals surface area contributed by atoms with E-state index in [4.69, 9.17) is 0 Å². The molecule has 0 aliphatic rings. The summed E-state index contributed by atoms with van der Waals surface area (Å²) in [4.78, 5) is 11.5. The van der Waals surface area contributed by atoms with Crippen LogP contribution in [-0.2, 0) is 9.84 Å². The molecule has 0 aliphatic carbocycles. The predicted octanol–water partition coefficient (Wildman–Crippen LogP) is 0.638. The smallest absolute Gasteiger partial charge is 0.282 e. The lowest BCUT2D eigenvalue weighted by Gasteiger charge is -1.96. The van der Waals surface area contributed by atoms with E-state index in [2.05, 4.69) is 22.1 Å². The van der Waals surface area contributed by atoms with Gasteiger partial charge in [-0.2, -0.15) is 0 Å². The zero-order valence-corrected chi connectivity index (χ0v) is 11.0. The minimum Gasteiger partial charge on any atom is -0.346 e. The maximum absolute atomic E-state index is 11.6. The van der Waals surface area contributed by atoms with Gasteiger partial charge in [-0.15, -0.1) is 16.8 Å². The van der Waals surface area contributed by atoms with Crippen molar-refractivity contribution in [2.45, 2.75) is 17.7 Å². The molecule has 0 aliphatic heterocycles. The van der Waals surface area contributed by atoms with Crippen molar-refractivity contribution in [1.29, 1.82) is 0 Å². The number of rotatable bonds is 6. The fraction of sp³-hybridized carbons (Fsp3) is 0.444. The summed E-state index contributed by atoms with van der Waals surface area (Å²) in [5.41, 5.74) is 0. The lowest BCUT2D eigenvalue weighted by molar-refractivity contribution is 0.0957. The molecule has 0 aromatic carbocycles. The van der Waals surface area contributed by atoms with Gasteiger partial charge in [0.05, 0.1) is 5.75 Å². The molecule has 94 valence electrons. The van der Waals surface area contributed by atoms with E-state index >= 15 is 0 Å². The van der Waals surface area contributed by atoms with Crippen LogP contribution in [0, 0.1) is 0 Å². The summed E-state index contributed by atoms with van der Waals surface area (Å²) in [7, 11) is -3.40. The summed E-state index contributed by atoms with van der Waals surface area (Å²) in [6.45, 7) is 5.51. The zero-order chi connectivity index (χ0) is 12.9. The van der Waals surface area contributed by atoms with Crippen LogP contribution in [0.5, 0.6) is 0 Å². The second kappa shape index (κ2) is 5.87. The normalized spacial score (nSPS) is 11.1. The third-order valence-electron chi connectivity index (χ3n) is 1.75. The molecule has 0 bridgehead atoms. The van der Waals surface area contributed by atoms with Crippen LogP contribution in [0.1, 0.15) is 23.1 Å². The van der Waals surface area contributed by atoms with E-state index < -0.39 is 15.7 Å². The van der Waals surface area contributed by atoms with Gasteiger partial charge in [0.15, 0.2) is 0 Å². The highest BCUT2D eigenvalue weighted by atomic mass is 32.2. The molecule has 1 rings (SSSR count). The average Bonchev–Trinajstić information content (AvgIpc) is 2.75. The highest BCUT2D eigenvalue weighted by Crippen LogP contribution is 2.17. The van der Waals surface area contributed by atoms with Crippen molar-refractivity contribution in [3.8, 4) is 0 Å². The van der Waals surface area contributed by atoms with Crippen LogP contribution < -0.4 is 5.32 Å². The van der Waals surface area contributed by atoms with Crippen molar-refractivity contribution in [3.63, 3.8) is 0 Å². The lowest BCUT2D eigenvalue weighted by Crippen LogP contribution is -2.22. The molecule has 1 amide bonds. The molecule has 8 heteroatoms. The Morgan fingerprint density at radius 3 is 2.82 bits per heavy atom.